The van der Waals surface area contributed by atoms with Gasteiger partial charge in [0.25, 0.3) is 5.91 Å². The van der Waals surface area contributed by atoms with Gasteiger partial charge in [0.05, 0.1) is 11.5 Å². The Morgan fingerprint density at radius 1 is 1.35 bits per heavy atom. The maximum atomic E-state index is 12.8. The molecule has 0 saturated carbocycles. The van der Waals surface area contributed by atoms with Gasteiger partial charge in [-0.1, -0.05) is 15.9 Å². The molecule has 128 valence electrons. The molecule has 1 aromatic rings. The first-order valence-electron chi connectivity index (χ1n) is 6.79. The summed E-state index contributed by atoms with van der Waals surface area (Å²) in [6.07, 6.45) is -4.23. The van der Waals surface area contributed by atoms with Crippen molar-refractivity contribution in [1.29, 1.82) is 0 Å². The number of hydrogen-bond donors (Lipinski definition) is 0. The van der Waals surface area contributed by atoms with Gasteiger partial charge in [-0.2, -0.15) is 22.0 Å². The van der Waals surface area contributed by atoms with Crippen LogP contribution in [0.1, 0.15) is 23.2 Å². The predicted molar refractivity (Wildman–Crippen MR) is 75.5 cm³/mol. The summed E-state index contributed by atoms with van der Waals surface area (Å²) >= 11 is 3.07. The molecular weight excluding hydrogens is 389 g/mol. The van der Waals surface area contributed by atoms with Crippen LogP contribution in [0.2, 0.25) is 0 Å². The quantitative estimate of drug-likeness (QED) is 0.699. The summed E-state index contributed by atoms with van der Waals surface area (Å²) in [6.45, 7) is -3.47. The third-order valence-corrected chi connectivity index (χ3v) is 4.05. The lowest BCUT2D eigenvalue weighted by Gasteiger charge is -2.34. The summed E-state index contributed by atoms with van der Waals surface area (Å²) in [6, 6.07) is 3.88. The minimum absolute atomic E-state index is 0.0476. The average Bonchev–Trinajstić information content (AvgIpc) is 2.45. The molecule has 1 aliphatic rings. The summed E-state index contributed by atoms with van der Waals surface area (Å²) in [7, 11) is 0. The number of nitrogens with zero attached hydrogens (tertiary/aromatic N) is 1. The molecule has 0 radical (unpaired) electrons. The molecule has 0 bridgehead atoms. The van der Waals surface area contributed by atoms with E-state index in [0.29, 0.717) is 4.47 Å². The molecule has 1 heterocycles. The first-order valence-corrected chi connectivity index (χ1v) is 7.58. The summed E-state index contributed by atoms with van der Waals surface area (Å²) in [5.41, 5.74) is -0.184. The maximum Gasteiger partial charge on any atom is 0.393 e. The molecule has 1 fully saturated rings. The first kappa shape index (κ1) is 18.0. The van der Waals surface area contributed by atoms with Gasteiger partial charge in [-0.15, -0.1) is 0 Å². The Hall–Kier alpha value is -1.38. The molecule has 0 aromatic heterocycles. The van der Waals surface area contributed by atoms with Crippen molar-refractivity contribution in [2.24, 2.45) is 5.92 Å². The van der Waals surface area contributed by atoms with E-state index in [-0.39, 0.29) is 30.7 Å². The van der Waals surface area contributed by atoms with Crippen LogP contribution >= 0.6 is 15.9 Å². The minimum atomic E-state index is -4.39. The molecular formula is C14H13BrF5NO2. The second kappa shape index (κ2) is 7.02. The molecule has 1 atom stereocenters. The van der Waals surface area contributed by atoms with Gasteiger partial charge >= 0.3 is 12.8 Å². The van der Waals surface area contributed by atoms with Crippen molar-refractivity contribution in [3.05, 3.63) is 28.2 Å². The summed E-state index contributed by atoms with van der Waals surface area (Å²) in [5, 5.41) is 0. The van der Waals surface area contributed by atoms with Gasteiger partial charge in [0.2, 0.25) is 0 Å². The van der Waals surface area contributed by atoms with E-state index in [4.69, 9.17) is 0 Å². The first-order chi connectivity index (χ1) is 10.7. The Kier molecular flexibility index (Phi) is 5.49. The molecule has 1 saturated heterocycles. The number of halogens is 6. The lowest BCUT2D eigenvalue weighted by Crippen LogP contribution is -2.44. The van der Waals surface area contributed by atoms with Gasteiger partial charge < -0.3 is 9.64 Å². The maximum absolute atomic E-state index is 12.8. The van der Waals surface area contributed by atoms with Crippen LogP contribution in [0.15, 0.2) is 22.7 Å². The van der Waals surface area contributed by atoms with Crippen LogP contribution in [-0.2, 0) is 0 Å². The smallest absolute Gasteiger partial charge is 0.393 e. The van der Waals surface area contributed by atoms with Crippen molar-refractivity contribution < 1.29 is 31.5 Å². The standard InChI is InChI=1S/C14H13BrF5NO2/c15-9-3-4-10(11(6-9)23-13(16)17)12(22)21-5-1-2-8(7-21)14(18,19)20/h3-4,6,8,13H,1-2,5,7H2. The highest BCUT2D eigenvalue weighted by Gasteiger charge is 2.43. The number of rotatable bonds is 3. The average molecular weight is 402 g/mol. The van der Waals surface area contributed by atoms with Crippen molar-refractivity contribution in [3.8, 4) is 5.75 Å². The topological polar surface area (TPSA) is 29.5 Å². The molecule has 9 heteroatoms. The zero-order valence-corrected chi connectivity index (χ0v) is 13.3. The number of piperidine rings is 1. The van der Waals surface area contributed by atoms with Gasteiger partial charge in [-0.3, -0.25) is 4.79 Å². The number of hydrogen-bond acceptors (Lipinski definition) is 2. The summed E-state index contributed by atoms with van der Waals surface area (Å²) < 4.78 is 68.1. The van der Waals surface area contributed by atoms with Crippen LogP contribution in [0.3, 0.4) is 0 Å². The Balaban J connectivity index is 2.23. The van der Waals surface area contributed by atoms with Crippen LogP contribution < -0.4 is 4.74 Å². The predicted octanol–water partition coefficient (Wildman–Crippen LogP) is 4.47. The van der Waals surface area contributed by atoms with Crippen molar-refractivity contribution in [2.75, 3.05) is 13.1 Å². The monoisotopic (exact) mass is 401 g/mol. The number of amides is 1. The molecule has 0 aliphatic carbocycles. The number of likely N-dealkylation sites (tertiary alicyclic amines) is 1. The van der Waals surface area contributed by atoms with Crippen molar-refractivity contribution in [3.63, 3.8) is 0 Å². The number of carbonyl (C=O) groups is 1. The molecule has 23 heavy (non-hydrogen) atoms. The highest BCUT2D eigenvalue weighted by atomic mass is 79.9. The van der Waals surface area contributed by atoms with Gasteiger partial charge in [-0.05, 0) is 31.0 Å². The van der Waals surface area contributed by atoms with E-state index in [1.54, 1.807) is 0 Å². The minimum Gasteiger partial charge on any atom is -0.434 e. The van der Waals surface area contributed by atoms with E-state index in [9.17, 15) is 26.7 Å². The number of alkyl halides is 5. The largest absolute Gasteiger partial charge is 0.434 e. The van der Waals surface area contributed by atoms with Crippen LogP contribution in [0.5, 0.6) is 5.75 Å². The van der Waals surface area contributed by atoms with E-state index >= 15 is 0 Å². The van der Waals surface area contributed by atoms with Crippen LogP contribution in [0, 0.1) is 5.92 Å². The third-order valence-electron chi connectivity index (χ3n) is 3.56. The van der Waals surface area contributed by atoms with E-state index in [2.05, 4.69) is 20.7 Å². The third kappa shape index (κ3) is 4.55. The van der Waals surface area contributed by atoms with E-state index in [1.165, 1.54) is 18.2 Å². The molecule has 3 nitrogen and oxygen atoms in total. The Bertz CT molecular complexity index is 579. The molecule has 1 unspecified atom stereocenters. The lowest BCUT2D eigenvalue weighted by molar-refractivity contribution is -0.184. The number of carbonyl (C=O) groups excluding carboxylic acids is 1. The molecule has 0 N–H and O–H groups in total. The zero-order valence-electron chi connectivity index (χ0n) is 11.7. The Labute approximate surface area is 137 Å². The zero-order chi connectivity index (χ0) is 17.2. The molecule has 1 aliphatic heterocycles. The molecule has 0 spiro atoms. The van der Waals surface area contributed by atoms with Crippen molar-refractivity contribution in [2.45, 2.75) is 25.6 Å². The van der Waals surface area contributed by atoms with Gasteiger partial charge in [0.15, 0.2) is 0 Å². The van der Waals surface area contributed by atoms with Crippen LogP contribution in [0.4, 0.5) is 22.0 Å². The summed E-state index contributed by atoms with van der Waals surface area (Å²) in [5.74, 6) is -2.72. The fraction of sp³-hybridized carbons (Fsp3) is 0.500. The second-order valence-corrected chi connectivity index (χ2v) is 6.07. The number of ether oxygens (including phenoxy) is 1. The normalized spacial score (nSPS) is 19.1. The van der Waals surface area contributed by atoms with E-state index in [1.807, 2.05) is 0 Å². The fourth-order valence-electron chi connectivity index (χ4n) is 2.47. The van der Waals surface area contributed by atoms with Crippen molar-refractivity contribution >= 4 is 21.8 Å². The summed E-state index contributed by atoms with van der Waals surface area (Å²) in [4.78, 5) is 13.4. The van der Waals surface area contributed by atoms with Crippen LogP contribution in [-0.4, -0.2) is 36.7 Å². The molecule has 2 rings (SSSR count). The Morgan fingerprint density at radius 2 is 2.04 bits per heavy atom. The highest BCUT2D eigenvalue weighted by molar-refractivity contribution is 9.10. The van der Waals surface area contributed by atoms with E-state index < -0.39 is 31.2 Å². The Morgan fingerprint density at radius 3 is 2.65 bits per heavy atom. The van der Waals surface area contributed by atoms with Crippen molar-refractivity contribution in [1.82, 2.24) is 4.90 Å². The van der Waals surface area contributed by atoms with Crippen LogP contribution in [0.25, 0.3) is 0 Å². The number of benzene rings is 1. The van der Waals surface area contributed by atoms with Gasteiger partial charge in [0.1, 0.15) is 5.75 Å². The van der Waals surface area contributed by atoms with E-state index in [0.717, 1.165) is 4.90 Å². The molecule has 1 amide bonds. The molecule has 1 aromatic carbocycles. The SMILES string of the molecule is O=C(c1ccc(Br)cc1OC(F)F)N1CCCC(C(F)(F)F)C1. The van der Waals surface area contributed by atoms with Gasteiger partial charge in [0, 0.05) is 17.6 Å². The van der Waals surface area contributed by atoms with Gasteiger partial charge in [-0.25, -0.2) is 0 Å². The lowest BCUT2D eigenvalue weighted by atomic mass is 9.97. The second-order valence-electron chi connectivity index (χ2n) is 5.15. The highest BCUT2D eigenvalue weighted by Crippen LogP contribution is 2.34. The fourth-order valence-corrected chi connectivity index (χ4v) is 2.81.